The first-order chi connectivity index (χ1) is 20.6. The summed E-state index contributed by atoms with van der Waals surface area (Å²) in [4.78, 5) is 28.4. The Balaban J connectivity index is 1.06. The van der Waals surface area contributed by atoms with Crippen LogP contribution in [0.2, 0.25) is 0 Å². The molecule has 4 saturated carbocycles. The number of amides is 1. The van der Waals surface area contributed by atoms with Gasteiger partial charge in [-0.1, -0.05) is 0 Å². The van der Waals surface area contributed by atoms with Crippen molar-refractivity contribution in [3.63, 3.8) is 0 Å². The van der Waals surface area contributed by atoms with Crippen molar-refractivity contribution in [1.82, 2.24) is 20.3 Å². The van der Waals surface area contributed by atoms with Gasteiger partial charge in [0.05, 0.1) is 11.8 Å². The molecule has 11 nitrogen and oxygen atoms in total. The minimum Gasteiger partial charge on any atom is -0.444 e. The molecule has 5 aliphatic rings. The van der Waals surface area contributed by atoms with Crippen LogP contribution < -0.4 is 20.9 Å². The molecule has 2 aromatic heterocycles. The smallest absolute Gasteiger partial charge is 0.407 e. The lowest BCUT2D eigenvalue weighted by Crippen LogP contribution is -2.60. The molecule has 2 aromatic rings. The van der Waals surface area contributed by atoms with Crippen LogP contribution in [0.4, 0.5) is 22.4 Å². The number of rotatable bonds is 7. The van der Waals surface area contributed by atoms with Gasteiger partial charge in [0.2, 0.25) is 5.95 Å². The van der Waals surface area contributed by atoms with E-state index >= 15 is 0 Å². The first kappa shape index (κ1) is 29.0. The summed E-state index contributed by atoms with van der Waals surface area (Å²) in [5, 5.41) is 29.1. The fraction of sp³-hybridized carbons (Fsp3) is 0.625. The third-order valence-corrected chi connectivity index (χ3v) is 9.65. The van der Waals surface area contributed by atoms with Crippen molar-refractivity contribution in [3.8, 4) is 12.1 Å². The summed E-state index contributed by atoms with van der Waals surface area (Å²) in [5.74, 6) is 3.57. The highest BCUT2D eigenvalue weighted by atomic mass is 16.6. The van der Waals surface area contributed by atoms with Crippen LogP contribution in [-0.2, 0) is 4.74 Å². The van der Waals surface area contributed by atoms with Crippen molar-refractivity contribution in [2.45, 2.75) is 83.4 Å². The van der Waals surface area contributed by atoms with Crippen LogP contribution >= 0.6 is 0 Å². The van der Waals surface area contributed by atoms with Crippen molar-refractivity contribution < 1.29 is 9.53 Å². The molecular formula is C32H41N9O2. The van der Waals surface area contributed by atoms with Crippen LogP contribution in [0.15, 0.2) is 24.5 Å². The SMILES string of the molecule is CC(C)(C)OC(=O)NC1[C@@H]2CC3C[C@H]1CC(CNc1nc(NC4CCN(c5ccc(C#N)cn5)CC4)ncc1C#N)(C3)C2. The maximum Gasteiger partial charge on any atom is 0.407 e. The molecule has 4 aliphatic carbocycles. The van der Waals surface area contributed by atoms with E-state index in [1.165, 1.54) is 6.42 Å². The first-order valence-corrected chi connectivity index (χ1v) is 15.5. The number of alkyl carbamates (subject to hydrolysis) is 1. The molecule has 5 atom stereocenters. The number of anilines is 3. The maximum atomic E-state index is 12.6. The molecule has 3 N–H and O–H groups in total. The lowest BCUT2D eigenvalue weighted by atomic mass is 9.48. The van der Waals surface area contributed by atoms with Gasteiger partial charge in [0.25, 0.3) is 0 Å². The Morgan fingerprint density at radius 1 is 1.07 bits per heavy atom. The van der Waals surface area contributed by atoms with Gasteiger partial charge in [0.1, 0.15) is 34.9 Å². The van der Waals surface area contributed by atoms with Crippen LogP contribution in [0.5, 0.6) is 0 Å². The fourth-order valence-corrected chi connectivity index (χ4v) is 8.10. The standard InChI is InChI=1S/C32H41N9O2/c1-31(2,3)43-30(42)39-27-22-10-21-11-23(27)14-32(12-21,13-22)19-37-28-24(16-34)18-36-29(40-28)38-25-6-8-41(9-7-25)26-5-4-20(15-33)17-35-26/h4-5,17-18,21-23,25,27H,6-14,19H2,1-3H3,(H,39,42)(H2,36,37,38,40)/t21?,22-,23+,27?,32?. The van der Waals surface area contributed by atoms with Gasteiger partial charge in [-0.25, -0.2) is 14.8 Å². The molecule has 3 heterocycles. The molecule has 4 bridgehead atoms. The molecule has 0 spiro atoms. The van der Waals surface area contributed by atoms with Crippen molar-refractivity contribution in [2.75, 3.05) is 35.2 Å². The van der Waals surface area contributed by atoms with Crippen molar-refractivity contribution in [2.24, 2.45) is 23.2 Å². The second-order valence-electron chi connectivity index (χ2n) is 14.0. The van der Waals surface area contributed by atoms with Crippen molar-refractivity contribution >= 4 is 23.7 Å². The predicted octanol–water partition coefficient (Wildman–Crippen LogP) is 4.83. The Kier molecular flexibility index (Phi) is 7.76. The van der Waals surface area contributed by atoms with Gasteiger partial charge in [-0.05, 0) is 101 Å². The molecule has 1 saturated heterocycles. The van der Waals surface area contributed by atoms with E-state index in [1.54, 1.807) is 18.5 Å². The zero-order valence-corrected chi connectivity index (χ0v) is 25.3. The summed E-state index contributed by atoms with van der Waals surface area (Å²) in [6.07, 6.45) is 10.3. The van der Waals surface area contributed by atoms with Crippen LogP contribution in [-0.4, -0.2) is 58.4 Å². The molecule has 43 heavy (non-hydrogen) atoms. The number of nitrogens with zero attached hydrogens (tertiary/aromatic N) is 6. The van der Waals surface area contributed by atoms with E-state index in [-0.39, 0.29) is 23.6 Å². The summed E-state index contributed by atoms with van der Waals surface area (Å²) in [5.41, 5.74) is 0.637. The zero-order chi connectivity index (χ0) is 30.2. The Morgan fingerprint density at radius 2 is 1.81 bits per heavy atom. The van der Waals surface area contributed by atoms with E-state index in [1.807, 2.05) is 26.8 Å². The van der Waals surface area contributed by atoms with Gasteiger partial charge >= 0.3 is 6.09 Å². The quantitative estimate of drug-likeness (QED) is 0.413. The molecule has 11 heteroatoms. The Hall–Kier alpha value is -4.12. The molecule has 5 fully saturated rings. The minimum absolute atomic E-state index is 0.139. The number of ether oxygens (including phenoxy) is 1. The van der Waals surface area contributed by atoms with Crippen LogP contribution in [0, 0.1) is 45.8 Å². The van der Waals surface area contributed by atoms with E-state index in [2.05, 4.69) is 43.0 Å². The molecular weight excluding hydrogens is 542 g/mol. The number of carbonyl (C=O) groups is 1. The van der Waals surface area contributed by atoms with Crippen molar-refractivity contribution in [3.05, 3.63) is 35.7 Å². The number of hydrogen-bond acceptors (Lipinski definition) is 10. The third-order valence-electron chi connectivity index (χ3n) is 9.65. The molecule has 0 radical (unpaired) electrons. The first-order valence-electron chi connectivity index (χ1n) is 15.5. The van der Waals surface area contributed by atoms with Crippen LogP contribution in [0.1, 0.15) is 76.8 Å². The second kappa shape index (κ2) is 11.5. The number of aromatic nitrogens is 3. The largest absolute Gasteiger partial charge is 0.444 e. The van der Waals surface area contributed by atoms with Gasteiger partial charge in [0, 0.05) is 37.9 Å². The highest BCUT2D eigenvalue weighted by molar-refractivity contribution is 5.68. The molecule has 7 rings (SSSR count). The van der Waals surface area contributed by atoms with E-state index in [0.29, 0.717) is 40.6 Å². The number of nitrogens with one attached hydrogen (secondary N) is 3. The Bertz CT molecular complexity index is 1400. The molecule has 1 aliphatic heterocycles. The number of pyridine rings is 1. The topological polar surface area (TPSA) is 152 Å². The minimum atomic E-state index is -0.508. The van der Waals surface area contributed by atoms with Crippen molar-refractivity contribution in [1.29, 1.82) is 10.5 Å². The van der Waals surface area contributed by atoms with Gasteiger partial charge in [-0.15, -0.1) is 0 Å². The average Bonchev–Trinajstić information content (AvgIpc) is 2.97. The van der Waals surface area contributed by atoms with Gasteiger partial charge in [0.15, 0.2) is 0 Å². The van der Waals surface area contributed by atoms with Gasteiger partial charge in [-0.3, -0.25) is 0 Å². The van der Waals surface area contributed by atoms with E-state index in [9.17, 15) is 10.1 Å². The Morgan fingerprint density at radius 3 is 2.44 bits per heavy atom. The lowest BCUT2D eigenvalue weighted by molar-refractivity contribution is -0.0703. The van der Waals surface area contributed by atoms with Crippen LogP contribution in [0.3, 0.4) is 0 Å². The fourth-order valence-electron chi connectivity index (χ4n) is 8.10. The highest BCUT2D eigenvalue weighted by Gasteiger charge is 2.55. The predicted molar refractivity (Wildman–Crippen MR) is 162 cm³/mol. The molecule has 3 unspecified atom stereocenters. The monoisotopic (exact) mass is 583 g/mol. The maximum absolute atomic E-state index is 12.6. The molecule has 226 valence electrons. The number of piperidine rings is 1. The summed E-state index contributed by atoms with van der Waals surface area (Å²) in [6, 6.07) is 8.45. The highest BCUT2D eigenvalue weighted by Crippen LogP contribution is 2.60. The van der Waals surface area contributed by atoms with E-state index < -0.39 is 5.60 Å². The molecule has 1 amide bonds. The lowest BCUT2D eigenvalue weighted by Gasteiger charge is -2.60. The number of carbonyl (C=O) groups excluding carboxylic acids is 1. The average molecular weight is 584 g/mol. The Labute approximate surface area is 253 Å². The zero-order valence-electron chi connectivity index (χ0n) is 25.3. The second-order valence-corrected chi connectivity index (χ2v) is 14.0. The normalized spacial score (nSPS) is 28.1. The van der Waals surface area contributed by atoms with Gasteiger partial charge in [-0.2, -0.15) is 15.5 Å². The third kappa shape index (κ3) is 6.46. The van der Waals surface area contributed by atoms with E-state index in [0.717, 1.165) is 64.0 Å². The summed E-state index contributed by atoms with van der Waals surface area (Å²) in [7, 11) is 0. The number of hydrogen-bond donors (Lipinski definition) is 3. The van der Waals surface area contributed by atoms with E-state index in [4.69, 9.17) is 15.0 Å². The summed E-state index contributed by atoms with van der Waals surface area (Å²) in [6.45, 7) is 8.13. The van der Waals surface area contributed by atoms with Crippen LogP contribution in [0.25, 0.3) is 0 Å². The molecule has 0 aromatic carbocycles. The summed E-state index contributed by atoms with van der Waals surface area (Å²) < 4.78 is 5.57. The summed E-state index contributed by atoms with van der Waals surface area (Å²) >= 11 is 0. The number of nitriles is 2. The van der Waals surface area contributed by atoms with Gasteiger partial charge < -0.3 is 25.6 Å².